The van der Waals surface area contributed by atoms with Crippen molar-refractivity contribution < 1.29 is 0 Å². The van der Waals surface area contributed by atoms with Gasteiger partial charge in [0.25, 0.3) is 0 Å². The van der Waals surface area contributed by atoms with Crippen LogP contribution in [-0.2, 0) is 13.1 Å². The number of likely N-dealkylation sites (N-methyl/N-ethyl adjacent to an activating group) is 1. The summed E-state index contributed by atoms with van der Waals surface area (Å²) < 4.78 is 0. The molecule has 0 bridgehead atoms. The fourth-order valence-electron chi connectivity index (χ4n) is 1.48. The van der Waals surface area contributed by atoms with Crippen LogP contribution >= 0.6 is 11.3 Å². The van der Waals surface area contributed by atoms with Crippen LogP contribution in [0, 0.1) is 0 Å². The van der Waals surface area contributed by atoms with E-state index in [1.807, 2.05) is 24.5 Å². The van der Waals surface area contributed by atoms with Crippen LogP contribution in [0.5, 0.6) is 0 Å². The van der Waals surface area contributed by atoms with Crippen molar-refractivity contribution in [3.63, 3.8) is 0 Å². The van der Waals surface area contributed by atoms with Crippen molar-refractivity contribution in [3.05, 3.63) is 34.5 Å². The van der Waals surface area contributed by atoms with Gasteiger partial charge in [0.05, 0.1) is 0 Å². The van der Waals surface area contributed by atoms with Crippen molar-refractivity contribution >= 4 is 11.3 Å². The van der Waals surface area contributed by atoms with Gasteiger partial charge >= 0.3 is 0 Å². The van der Waals surface area contributed by atoms with E-state index in [1.165, 1.54) is 9.75 Å². The molecule has 0 amide bonds. The molecule has 0 aliphatic carbocycles. The molecule has 1 rings (SSSR count). The summed E-state index contributed by atoms with van der Waals surface area (Å²) in [5.41, 5.74) is 0. The predicted molar refractivity (Wildman–Crippen MR) is 68.2 cm³/mol. The predicted octanol–water partition coefficient (Wildman–Crippen LogP) is 2.48. The molecule has 0 atom stereocenters. The molecule has 0 aliphatic heterocycles. The molecule has 1 heterocycles. The Morgan fingerprint density at radius 3 is 2.80 bits per heavy atom. The van der Waals surface area contributed by atoms with Gasteiger partial charge in [-0.3, -0.25) is 4.90 Å². The minimum Gasteiger partial charge on any atom is -0.315 e. The van der Waals surface area contributed by atoms with Crippen LogP contribution in [0.4, 0.5) is 0 Å². The monoisotopic (exact) mass is 224 g/mol. The molecular formula is C12H20N2S. The lowest BCUT2D eigenvalue weighted by Gasteiger charge is -2.16. The number of nitrogens with one attached hydrogen (secondary N) is 1. The van der Waals surface area contributed by atoms with E-state index >= 15 is 0 Å². The van der Waals surface area contributed by atoms with Crippen LogP contribution in [0.2, 0.25) is 0 Å². The van der Waals surface area contributed by atoms with Crippen molar-refractivity contribution in [1.82, 2.24) is 10.2 Å². The van der Waals surface area contributed by atoms with Crippen molar-refractivity contribution in [2.75, 3.05) is 20.1 Å². The van der Waals surface area contributed by atoms with E-state index < -0.39 is 0 Å². The Bertz CT molecular complexity index is 294. The minimum absolute atomic E-state index is 0.968. The van der Waals surface area contributed by atoms with Crippen LogP contribution in [0.25, 0.3) is 0 Å². The first-order valence-corrected chi connectivity index (χ1v) is 6.17. The number of nitrogens with zero attached hydrogens (tertiary/aromatic N) is 1. The smallest absolute Gasteiger partial charge is 0.0331 e. The molecule has 0 radical (unpaired) electrons. The highest BCUT2D eigenvalue weighted by Gasteiger charge is 2.04. The SMILES string of the molecule is C=CCN(CC)Cc1ccc(CNC)s1. The van der Waals surface area contributed by atoms with Gasteiger partial charge in [-0.15, -0.1) is 17.9 Å². The highest BCUT2D eigenvalue weighted by molar-refractivity contribution is 7.11. The summed E-state index contributed by atoms with van der Waals surface area (Å²) >= 11 is 1.89. The molecule has 0 spiro atoms. The van der Waals surface area contributed by atoms with Gasteiger partial charge in [0.1, 0.15) is 0 Å². The largest absolute Gasteiger partial charge is 0.315 e. The average molecular weight is 224 g/mol. The van der Waals surface area contributed by atoms with Gasteiger partial charge in [-0.2, -0.15) is 0 Å². The zero-order valence-corrected chi connectivity index (χ0v) is 10.4. The molecule has 84 valence electrons. The maximum Gasteiger partial charge on any atom is 0.0331 e. The zero-order valence-electron chi connectivity index (χ0n) is 9.62. The third-order valence-electron chi connectivity index (χ3n) is 2.28. The van der Waals surface area contributed by atoms with Gasteiger partial charge in [0.15, 0.2) is 0 Å². The van der Waals surface area contributed by atoms with Crippen molar-refractivity contribution in [2.24, 2.45) is 0 Å². The highest BCUT2D eigenvalue weighted by Crippen LogP contribution is 2.18. The maximum absolute atomic E-state index is 3.78. The molecule has 2 nitrogen and oxygen atoms in total. The standard InChI is InChI=1S/C12H20N2S/c1-4-8-14(5-2)10-12-7-6-11(15-12)9-13-3/h4,6-7,13H,1,5,8-10H2,2-3H3. The number of hydrogen-bond acceptors (Lipinski definition) is 3. The number of rotatable bonds is 7. The summed E-state index contributed by atoms with van der Waals surface area (Å²) in [5.74, 6) is 0. The number of hydrogen-bond donors (Lipinski definition) is 1. The molecule has 3 heteroatoms. The molecule has 0 saturated carbocycles. The van der Waals surface area contributed by atoms with Crippen LogP contribution in [-0.4, -0.2) is 25.0 Å². The first kappa shape index (κ1) is 12.4. The second-order valence-electron chi connectivity index (χ2n) is 3.51. The summed E-state index contributed by atoms with van der Waals surface area (Å²) in [6.07, 6.45) is 1.96. The second-order valence-corrected chi connectivity index (χ2v) is 4.77. The van der Waals surface area contributed by atoms with Crippen molar-refractivity contribution in [1.29, 1.82) is 0 Å². The quantitative estimate of drug-likeness (QED) is 0.716. The zero-order chi connectivity index (χ0) is 11.1. The van der Waals surface area contributed by atoms with Crippen LogP contribution < -0.4 is 5.32 Å². The molecule has 0 aliphatic rings. The highest BCUT2D eigenvalue weighted by atomic mass is 32.1. The Hall–Kier alpha value is -0.640. The molecule has 15 heavy (non-hydrogen) atoms. The second kappa shape index (κ2) is 6.77. The van der Waals surface area contributed by atoms with Crippen LogP contribution in [0.3, 0.4) is 0 Å². The van der Waals surface area contributed by atoms with E-state index in [-0.39, 0.29) is 0 Å². The summed E-state index contributed by atoms with van der Waals surface area (Å²) in [6.45, 7) is 10.0. The normalized spacial score (nSPS) is 10.9. The lowest BCUT2D eigenvalue weighted by atomic mass is 10.4. The summed E-state index contributed by atoms with van der Waals surface area (Å²) in [4.78, 5) is 5.22. The minimum atomic E-state index is 0.968. The third-order valence-corrected chi connectivity index (χ3v) is 3.35. The van der Waals surface area contributed by atoms with E-state index in [4.69, 9.17) is 0 Å². The topological polar surface area (TPSA) is 15.3 Å². The summed E-state index contributed by atoms with van der Waals surface area (Å²) in [5, 5.41) is 3.17. The Morgan fingerprint density at radius 1 is 1.47 bits per heavy atom. The van der Waals surface area contributed by atoms with Gasteiger partial charge < -0.3 is 5.32 Å². The van der Waals surface area contributed by atoms with E-state index in [9.17, 15) is 0 Å². The molecular weight excluding hydrogens is 204 g/mol. The first-order valence-electron chi connectivity index (χ1n) is 5.35. The molecule has 1 aromatic rings. The Balaban J connectivity index is 2.50. The Morgan fingerprint density at radius 2 is 2.20 bits per heavy atom. The van der Waals surface area contributed by atoms with Gasteiger partial charge in [0.2, 0.25) is 0 Å². The van der Waals surface area contributed by atoms with Crippen molar-refractivity contribution in [3.8, 4) is 0 Å². The lowest BCUT2D eigenvalue weighted by molar-refractivity contribution is 0.314. The third kappa shape index (κ3) is 4.16. The van der Waals surface area contributed by atoms with E-state index in [0.29, 0.717) is 0 Å². The van der Waals surface area contributed by atoms with Crippen LogP contribution in [0.15, 0.2) is 24.8 Å². The Labute approximate surface area is 96.6 Å². The summed E-state index contributed by atoms with van der Waals surface area (Å²) in [7, 11) is 1.98. The molecule has 0 aromatic carbocycles. The van der Waals surface area contributed by atoms with Crippen LogP contribution in [0.1, 0.15) is 16.7 Å². The van der Waals surface area contributed by atoms with Crippen molar-refractivity contribution in [2.45, 2.75) is 20.0 Å². The van der Waals surface area contributed by atoms with E-state index in [2.05, 4.69) is 35.9 Å². The van der Waals surface area contributed by atoms with E-state index in [0.717, 1.165) is 26.2 Å². The fraction of sp³-hybridized carbons (Fsp3) is 0.500. The maximum atomic E-state index is 3.78. The molecule has 0 unspecified atom stereocenters. The number of thiophene rings is 1. The average Bonchev–Trinajstić information content (AvgIpc) is 2.66. The van der Waals surface area contributed by atoms with Gasteiger partial charge in [-0.1, -0.05) is 13.0 Å². The first-order chi connectivity index (χ1) is 7.30. The lowest BCUT2D eigenvalue weighted by Crippen LogP contribution is -2.22. The summed E-state index contributed by atoms with van der Waals surface area (Å²) in [6, 6.07) is 4.43. The molecule has 0 saturated heterocycles. The van der Waals surface area contributed by atoms with Gasteiger partial charge in [-0.25, -0.2) is 0 Å². The van der Waals surface area contributed by atoms with Gasteiger partial charge in [-0.05, 0) is 25.7 Å². The Kier molecular flexibility index (Phi) is 5.61. The molecule has 0 fully saturated rings. The van der Waals surface area contributed by atoms with Gasteiger partial charge in [0, 0.05) is 29.4 Å². The fourth-order valence-corrected chi connectivity index (χ4v) is 2.56. The molecule has 1 N–H and O–H groups in total. The molecule has 1 aromatic heterocycles. The van der Waals surface area contributed by atoms with E-state index in [1.54, 1.807) is 0 Å².